The lowest BCUT2D eigenvalue weighted by atomic mass is 9.90. The van der Waals surface area contributed by atoms with Crippen molar-refractivity contribution in [2.75, 3.05) is 0 Å². The van der Waals surface area contributed by atoms with Gasteiger partial charge in [0.15, 0.2) is 6.20 Å². The summed E-state index contributed by atoms with van der Waals surface area (Å²) < 4.78 is 45.7. The normalized spacial score (nSPS) is 16.1. The van der Waals surface area contributed by atoms with Crippen LogP contribution in [-0.4, -0.2) is 9.55 Å². The molecule has 3 heteroatoms. The molecule has 0 saturated carbocycles. The van der Waals surface area contributed by atoms with E-state index >= 15 is 0 Å². The molecule has 0 N–H and O–H groups in total. The van der Waals surface area contributed by atoms with E-state index in [4.69, 9.17) is 6.85 Å². The van der Waals surface area contributed by atoms with E-state index in [0.29, 0.717) is 17.5 Å². The van der Waals surface area contributed by atoms with Crippen LogP contribution in [-0.2, 0) is 19.8 Å². The Kier molecular flexibility index (Phi) is 3.01. The fourth-order valence-corrected chi connectivity index (χ4v) is 4.49. The zero-order chi connectivity index (χ0) is 24.6. The van der Waals surface area contributed by atoms with Crippen molar-refractivity contribution < 1.29 is 11.4 Å². The average Bonchev–Trinajstić information content (AvgIpc) is 3.34. The van der Waals surface area contributed by atoms with E-state index in [1.807, 2.05) is 73.6 Å². The van der Waals surface area contributed by atoms with Gasteiger partial charge >= 0.3 is 0 Å². The maximum atomic E-state index is 8.53. The molecule has 1 aliphatic heterocycles. The van der Waals surface area contributed by atoms with Gasteiger partial charge in [0, 0.05) is 31.7 Å². The first-order valence-electron chi connectivity index (χ1n) is 12.5. The third-order valence-electron chi connectivity index (χ3n) is 5.81. The Balaban J connectivity index is 1.84. The van der Waals surface area contributed by atoms with Crippen molar-refractivity contribution >= 4 is 10.8 Å². The van der Waals surface area contributed by atoms with Crippen LogP contribution < -0.4 is 4.57 Å². The fourth-order valence-electron chi connectivity index (χ4n) is 4.49. The van der Waals surface area contributed by atoms with E-state index < -0.39 is 13.2 Å². The van der Waals surface area contributed by atoms with Gasteiger partial charge in [-0.25, -0.2) is 9.55 Å². The summed E-state index contributed by atoms with van der Waals surface area (Å²) in [7, 11) is 1.97. The molecule has 0 fully saturated rings. The number of nitrogens with zero attached hydrogens (tertiary/aromatic N) is 3. The van der Waals surface area contributed by atoms with Gasteiger partial charge < -0.3 is 4.57 Å². The smallest absolute Gasteiger partial charge is 0.220 e. The first-order chi connectivity index (χ1) is 15.9. The number of rotatable bonds is 3. The lowest BCUT2D eigenvalue weighted by Gasteiger charge is -2.16. The van der Waals surface area contributed by atoms with Crippen molar-refractivity contribution in [1.29, 1.82) is 0 Å². The van der Waals surface area contributed by atoms with Gasteiger partial charge in [-0.1, -0.05) is 26.0 Å². The number of hydrogen-bond acceptors (Lipinski definition) is 1. The average molecular weight is 388 g/mol. The quantitative estimate of drug-likeness (QED) is 0.388. The highest BCUT2D eigenvalue weighted by Gasteiger charge is 2.29. The number of benzene rings is 2. The molecule has 0 unspecified atom stereocenters. The standard InChI is InChI=1S/C26H28N3/c1-16(2)12-19-6-7-21-20(14-19)8-10-28(5)26(21)25-18(4)17(3)13-23-22(25)15-24-27-9-11-29(23)24/h6-11,13-14,16H,12,15H2,1-5H3/q+1/i3D3,12D2. The molecule has 0 amide bonds. The molecule has 146 valence electrons. The van der Waals surface area contributed by atoms with Crippen molar-refractivity contribution in [2.24, 2.45) is 13.0 Å². The first-order valence-corrected chi connectivity index (χ1v) is 10.0. The Bertz CT molecular complexity index is 1450. The Morgan fingerprint density at radius 3 is 2.93 bits per heavy atom. The molecule has 0 bridgehead atoms. The van der Waals surface area contributed by atoms with Gasteiger partial charge in [-0.05, 0) is 65.8 Å². The largest absolute Gasteiger partial charge is 0.303 e. The molecule has 4 aromatic rings. The Labute approximate surface area is 179 Å². The molecule has 0 aliphatic carbocycles. The zero-order valence-corrected chi connectivity index (χ0v) is 17.2. The molecule has 29 heavy (non-hydrogen) atoms. The number of pyridine rings is 1. The van der Waals surface area contributed by atoms with Gasteiger partial charge in [0.05, 0.1) is 16.6 Å². The van der Waals surface area contributed by atoms with Crippen LogP contribution in [0.5, 0.6) is 0 Å². The summed E-state index contributed by atoms with van der Waals surface area (Å²) in [5.41, 5.74) is 5.51. The minimum Gasteiger partial charge on any atom is -0.303 e. The van der Waals surface area contributed by atoms with Gasteiger partial charge in [0.2, 0.25) is 5.69 Å². The van der Waals surface area contributed by atoms with E-state index in [0.717, 1.165) is 44.7 Å². The number of aromatic nitrogens is 3. The number of hydrogen-bond donors (Lipinski definition) is 0. The second-order valence-corrected chi connectivity index (χ2v) is 8.19. The van der Waals surface area contributed by atoms with Crippen molar-refractivity contribution in [2.45, 2.75) is 40.4 Å². The number of imidazole rings is 1. The summed E-state index contributed by atoms with van der Waals surface area (Å²) >= 11 is 0. The molecule has 3 heterocycles. The Morgan fingerprint density at radius 2 is 2.14 bits per heavy atom. The third-order valence-corrected chi connectivity index (χ3v) is 5.81. The molecule has 0 atom stereocenters. The van der Waals surface area contributed by atoms with Crippen LogP contribution in [0.15, 0.2) is 48.9 Å². The highest BCUT2D eigenvalue weighted by molar-refractivity contribution is 5.95. The monoisotopic (exact) mass is 387 g/mol. The minimum absolute atomic E-state index is 0.159. The summed E-state index contributed by atoms with van der Waals surface area (Å²) in [5, 5.41) is 1.89. The van der Waals surface area contributed by atoms with E-state index in [1.165, 1.54) is 0 Å². The van der Waals surface area contributed by atoms with Crippen molar-refractivity contribution in [1.82, 2.24) is 9.55 Å². The van der Waals surface area contributed by atoms with E-state index in [1.54, 1.807) is 12.3 Å². The summed E-state index contributed by atoms with van der Waals surface area (Å²) in [6, 6.07) is 9.54. The molecular formula is C26H28N3+. The zero-order valence-electron chi connectivity index (χ0n) is 22.2. The van der Waals surface area contributed by atoms with Crippen molar-refractivity contribution in [3.8, 4) is 16.9 Å². The van der Waals surface area contributed by atoms with Crippen LogP contribution in [0, 0.1) is 19.7 Å². The number of fused-ring (bicyclic) bond motifs is 4. The fraction of sp³-hybridized carbons (Fsp3) is 0.308. The minimum atomic E-state index is -2.25. The van der Waals surface area contributed by atoms with Gasteiger partial charge in [0.1, 0.15) is 12.9 Å². The van der Waals surface area contributed by atoms with E-state index in [-0.39, 0.29) is 5.92 Å². The van der Waals surface area contributed by atoms with Crippen molar-refractivity contribution in [3.63, 3.8) is 0 Å². The van der Waals surface area contributed by atoms with Gasteiger partial charge in [-0.3, -0.25) is 0 Å². The van der Waals surface area contributed by atoms with Gasteiger partial charge in [-0.2, -0.15) is 0 Å². The predicted molar refractivity (Wildman–Crippen MR) is 119 cm³/mol. The molecule has 0 spiro atoms. The van der Waals surface area contributed by atoms with Crippen LogP contribution in [0.4, 0.5) is 0 Å². The Hall–Kier alpha value is -2.94. The first kappa shape index (κ1) is 13.3. The summed E-state index contributed by atoms with van der Waals surface area (Å²) in [6.07, 6.45) is 4.78. The van der Waals surface area contributed by atoms with E-state index in [9.17, 15) is 0 Å². The summed E-state index contributed by atoms with van der Waals surface area (Å²) in [5.74, 6) is 0.738. The lowest BCUT2D eigenvalue weighted by Crippen LogP contribution is -2.31. The summed E-state index contributed by atoms with van der Waals surface area (Å²) in [4.78, 5) is 4.48. The molecular weight excluding hydrogens is 354 g/mol. The topological polar surface area (TPSA) is 21.7 Å². The molecule has 2 aromatic heterocycles. The molecule has 2 aromatic carbocycles. The molecule has 0 radical (unpaired) electrons. The van der Waals surface area contributed by atoms with E-state index in [2.05, 4.69) is 4.98 Å². The van der Waals surface area contributed by atoms with Crippen LogP contribution in [0.2, 0.25) is 0 Å². The van der Waals surface area contributed by atoms with Crippen LogP contribution in [0.1, 0.15) is 48.8 Å². The Morgan fingerprint density at radius 1 is 1.28 bits per heavy atom. The molecule has 3 nitrogen and oxygen atoms in total. The van der Waals surface area contributed by atoms with Crippen LogP contribution in [0.3, 0.4) is 0 Å². The van der Waals surface area contributed by atoms with Gasteiger partial charge in [0.25, 0.3) is 0 Å². The van der Waals surface area contributed by atoms with Crippen LogP contribution >= 0.6 is 0 Å². The second kappa shape index (κ2) is 6.55. The maximum Gasteiger partial charge on any atom is 0.220 e. The molecule has 1 aliphatic rings. The summed E-state index contributed by atoms with van der Waals surface area (Å²) in [6.45, 7) is 3.41. The number of aryl methyl sites for hydroxylation is 2. The predicted octanol–water partition coefficient (Wildman–Crippen LogP) is 5.24. The highest BCUT2D eigenvalue weighted by Crippen LogP contribution is 2.40. The van der Waals surface area contributed by atoms with Crippen LogP contribution in [0.25, 0.3) is 27.7 Å². The molecule has 5 rings (SSSR count). The highest BCUT2D eigenvalue weighted by atomic mass is 15.1. The van der Waals surface area contributed by atoms with Crippen molar-refractivity contribution in [3.05, 3.63) is 77.0 Å². The third kappa shape index (κ3) is 2.79. The van der Waals surface area contributed by atoms with Gasteiger partial charge in [-0.15, -0.1) is 0 Å². The second-order valence-electron chi connectivity index (χ2n) is 8.19. The SMILES string of the molecule is [2H]C([2H])([2H])c1cc2c(c(-c3c4ccc(C([2H])([2H])C(C)C)cc4cc[n+]3C)c1C)Cc1nccn1-2. The lowest BCUT2D eigenvalue weighted by molar-refractivity contribution is -0.659. The molecule has 0 saturated heterocycles. The maximum absolute atomic E-state index is 8.53.